The maximum atomic E-state index is 12.8. The molecular weight excluding hydrogens is 853 g/mol. The van der Waals surface area contributed by atoms with E-state index in [9.17, 15) is 14.4 Å². The van der Waals surface area contributed by atoms with Crippen LogP contribution >= 0.6 is 0 Å². The molecule has 0 amide bonds. The van der Waals surface area contributed by atoms with Gasteiger partial charge in [0.15, 0.2) is 6.10 Å². The third-order valence-corrected chi connectivity index (χ3v) is 13.3. The number of allylic oxidation sites excluding steroid dienone is 8. The minimum atomic E-state index is -0.771. The molecule has 0 saturated carbocycles. The molecule has 0 aliphatic rings. The van der Waals surface area contributed by atoms with Crippen LogP contribution in [0.4, 0.5) is 0 Å². The summed E-state index contributed by atoms with van der Waals surface area (Å²) in [7, 11) is 0. The molecule has 0 rings (SSSR count). The van der Waals surface area contributed by atoms with Crippen molar-refractivity contribution in [2.75, 3.05) is 13.2 Å². The molecule has 0 radical (unpaired) electrons. The number of carbonyl (C=O) groups is 3. The van der Waals surface area contributed by atoms with Gasteiger partial charge in [0.05, 0.1) is 0 Å². The van der Waals surface area contributed by atoms with Crippen molar-refractivity contribution >= 4 is 17.9 Å². The maximum absolute atomic E-state index is 12.8. The molecule has 0 spiro atoms. The molecule has 1 atom stereocenters. The summed E-state index contributed by atoms with van der Waals surface area (Å²) in [6, 6.07) is 0. The van der Waals surface area contributed by atoms with E-state index < -0.39 is 6.10 Å². The Labute approximate surface area is 428 Å². The highest BCUT2D eigenvalue weighted by Gasteiger charge is 2.19. The predicted octanol–water partition coefficient (Wildman–Crippen LogP) is 20.2. The largest absolute Gasteiger partial charge is 0.462 e. The van der Waals surface area contributed by atoms with Crippen LogP contribution < -0.4 is 0 Å². The summed E-state index contributed by atoms with van der Waals surface area (Å²) in [6.07, 6.45) is 71.7. The van der Waals surface area contributed by atoms with Gasteiger partial charge in [-0.3, -0.25) is 14.4 Å². The van der Waals surface area contributed by atoms with Crippen molar-refractivity contribution in [2.45, 2.75) is 322 Å². The van der Waals surface area contributed by atoms with Crippen molar-refractivity contribution in [3.8, 4) is 0 Å². The highest BCUT2D eigenvalue weighted by atomic mass is 16.6. The van der Waals surface area contributed by atoms with E-state index in [1.165, 1.54) is 193 Å². The molecule has 1 unspecified atom stereocenters. The van der Waals surface area contributed by atoms with Crippen LogP contribution in [0.3, 0.4) is 0 Å². The van der Waals surface area contributed by atoms with Crippen LogP contribution in [-0.4, -0.2) is 37.2 Å². The Morgan fingerprint density at radius 3 is 0.826 bits per heavy atom. The van der Waals surface area contributed by atoms with Crippen LogP contribution in [0.15, 0.2) is 48.6 Å². The third kappa shape index (κ3) is 56.2. The molecule has 0 aromatic carbocycles. The molecule has 6 nitrogen and oxygen atoms in total. The van der Waals surface area contributed by atoms with Crippen molar-refractivity contribution in [3.05, 3.63) is 48.6 Å². The Bertz CT molecular complexity index is 1200. The van der Waals surface area contributed by atoms with Gasteiger partial charge in [0.25, 0.3) is 0 Å². The summed E-state index contributed by atoms with van der Waals surface area (Å²) >= 11 is 0. The Morgan fingerprint density at radius 2 is 0.522 bits per heavy atom. The van der Waals surface area contributed by atoms with Gasteiger partial charge in [0, 0.05) is 19.3 Å². The molecule has 0 N–H and O–H groups in total. The second-order valence-corrected chi connectivity index (χ2v) is 20.3. The van der Waals surface area contributed by atoms with E-state index in [0.29, 0.717) is 19.3 Å². The number of esters is 3. The highest BCUT2D eigenvalue weighted by Crippen LogP contribution is 2.16. The Kier molecular flexibility index (Phi) is 55.7. The van der Waals surface area contributed by atoms with Gasteiger partial charge in [-0.25, -0.2) is 0 Å². The van der Waals surface area contributed by atoms with Gasteiger partial charge in [-0.05, 0) is 83.5 Å². The van der Waals surface area contributed by atoms with E-state index >= 15 is 0 Å². The average Bonchev–Trinajstić information content (AvgIpc) is 3.35. The molecule has 6 heteroatoms. The number of hydrogen-bond donors (Lipinski definition) is 0. The fraction of sp³-hybridized carbons (Fsp3) is 0.825. The lowest BCUT2D eigenvalue weighted by atomic mass is 10.0. The minimum absolute atomic E-state index is 0.0739. The molecule has 0 aromatic rings. The van der Waals surface area contributed by atoms with Crippen LogP contribution in [-0.2, 0) is 28.6 Å². The molecule has 0 fully saturated rings. The molecule has 402 valence electrons. The molecule has 0 aliphatic carbocycles. The van der Waals surface area contributed by atoms with E-state index in [4.69, 9.17) is 14.2 Å². The van der Waals surface area contributed by atoms with Gasteiger partial charge < -0.3 is 14.2 Å². The number of unbranched alkanes of at least 4 members (excludes halogenated alkanes) is 36. The molecule has 0 saturated heterocycles. The van der Waals surface area contributed by atoms with Gasteiger partial charge in [0.2, 0.25) is 0 Å². The Morgan fingerprint density at radius 1 is 0.290 bits per heavy atom. The predicted molar refractivity (Wildman–Crippen MR) is 298 cm³/mol. The van der Waals surface area contributed by atoms with Crippen molar-refractivity contribution in [1.82, 2.24) is 0 Å². The second-order valence-electron chi connectivity index (χ2n) is 20.3. The number of hydrogen-bond acceptors (Lipinski definition) is 6. The van der Waals surface area contributed by atoms with Crippen molar-refractivity contribution < 1.29 is 28.6 Å². The van der Waals surface area contributed by atoms with Crippen LogP contribution in [0.5, 0.6) is 0 Å². The van der Waals surface area contributed by atoms with E-state index in [-0.39, 0.29) is 31.1 Å². The molecule has 0 aliphatic heterocycles. The van der Waals surface area contributed by atoms with Crippen molar-refractivity contribution in [3.63, 3.8) is 0 Å². The normalized spacial score (nSPS) is 12.3. The monoisotopic (exact) mass is 967 g/mol. The molecule has 0 bridgehead atoms. The van der Waals surface area contributed by atoms with Gasteiger partial charge in [-0.15, -0.1) is 0 Å². The highest BCUT2D eigenvalue weighted by molar-refractivity contribution is 5.71. The zero-order chi connectivity index (χ0) is 50.0. The summed E-state index contributed by atoms with van der Waals surface area (Å²) in [5, 5.41) is 0. The zero-order valence-electron chi connectivity index (χ0n) is 46.1. The van der Waals surface area contributed by atoms with Gasteiger partial charge in [-0.1, -0.05) is 262 Å². The lowest BCUT2D eigenvalue weighted by molar-refractivity contribution is -0.167. The number of carbonyl (C=O) groups excluding carboxylic acids is 3. The lowest BCUT2D eigenvalue weighted by Crippen LogP contribution is -2.30. The van der Waals surface area contributed by atoms with E-state index in [2.05, 4.69) is 69.4 Å². The fourth-order valence-electron chi connectivity index (χ4n) is 8.74. The summed E-state index contributed by atoms with van der Waals surface area (Å²) in [5.74, 6) is -0.884. The average molecular weight is 968 g/mol. The van der Waals surface area contributed by atoms with Crippen LogP contribution in [0.1, 0.15) is 316 Å². The third-order valence-electron chi connectivity index (χ3n) is 13.3. The Balaban J connectivity index is 3.95. The van der Waals surface area contributed by atoms with Crippen LogP contribution in [0, 0.1) is 0 Å². The van der Waals surface area contributed by atoms with Gasteiger partial charge >= 0.3 is 17.9 Å². The summed E-state index contributed by atoms with van der Waals surface area (Å²) in [4.78, 5) is 37.8. The summed E-state index contributed by atoms with van der Waals surface area (Å²) in [5.41, 5.74) is 0. The fourth-order valence-corrected chi connectivity index (χ4v) is 8.74. The first-order valence-electron chi connectivity index (χ1n) is 30.1. The molecule has 0 heterocycles. The van der Waals surface area contributed by atoms with Gasteiger partial charge in [-0.2, -0.15) is 0 Å². The standard InChI is InChI=1S/C63H114O6/c1-4-7-10-13-15-17-19-21-23-24-25-26-27-28-29-30-31-32-33-34-35-36-37-38-40-41-43-45-47-50-53-56-62(65)68-59-60(58-67-61(64)55-52-49-12-9-6-3)69-63(66)57-54-51-48-46-44-42-39-22-20-18-16-14-11-8-5-2/h19,21-22,24-25,27-28,39,60H,4-18,20,23,26,29-38,40-59H2,1-3H3/b21-19-,25-24-,28-27-,39-22-. The minimum Gasteiger partial charge on any atom is -0.462 e. The zero-order valence-corrected chi connectivity index (χ0v) is 46.1. The van der Waals surface area contributed by atoms with E-state index in [1.807, 2.05) is 0 Å². The maximum Gasteiger partial charge on any atom is 0.306 e. The first-order chi connectivity index (χ1) is 34.0. The molecule has 69 heavy (non-hydrogen) atoms. The smallest absolute Gasteiger partial charge is 0.306 e. The van der Waals surface area contributed by atoms with Crippen LogP contribution in [0.2, 0.25) is 0 Å². The van der Waals surface area contributed by atoms with E-state index in [1.54, 1.807) is 0 Å². The lowest BCUT2D eigenvalue weighted by Gasteiger charge is -2.18. The Hall–Kier alpha value is -2.63. The quantitative estimate of drug-likeness (QED) is 0.0262. The first-order valence-corrected chi connectivity index (χ1v) is 30.1. The van der Waals surface area contributed by atoms with Crippen LogP contribution in [0.25, 0.3) is 0 Å². The molecule has 0 aromatic heterocycles. The topological polar surface area (TPSA) is 78.9 Å². The summed E-state index contributed by atoms with van der Waals surface area (Å²) < 4.78 is 16.7. The SMILES string of the molecule is CCCCCCC/C=C\C/C=C\C/C=C\CCCCCCCCCCCCCCCCCCC(=O)OCC(COC(=O)CCCCCCC)OC(=O)CCCCCCC/C=C\CCCCCCCC. The number of ether oxygens (including phenoxy) is 3. The van der Waals surface area contributed by atoms with E-state index in [0.717, 1.165) is 83.5 Å². The summed E-state index contributed by atoms with van der Waals surface area (Å²) in [6.45, 7) is 6.56. The van der Waals surface area contributed by atoms with Crippen molar-refractivity contribution in [2.24, 2.45) is 0 Å². The molecular formula is C63H114O6. The number of rotatable bonds is 55. The second kappa shape index (κ2) is 57.9. The first kappa shape index (κ1) is 66.4. The van der Waals surface area contributed by atoms with Gasteiger partial charge in [0.1, 0.15) is 13.2 Å². The van der Waals surface area contributed by atoms with Crippen molar-refractivity contribution in [1.29, 1.82) is 0 Å².